The number of fused-ring (bicyclic) bond motifs is 1. The lowest BCUT2D eigenvalue weighted by molar-refractivity contribution is -0.885. The number of quaternary nitrogens is 1. The van der Waals surface area contributed by atoms with Crippen molar-refractivity contribution < 1.29 is 19.2 Å². The fourth-order valence-electron chi connectivity index (χ4n) is 3.41. The van der Waals surface area contributed by atoms with E-state index in [4.69, 9.17) is 9.47 Å². The highest BCUT2D eigenvalue weighted by Crippen LogP contribution is 2.32. The van der Waals surface area contributed by atoms with Crippen LogP contribution in [0.1, 0.15) is 23.3 Å². The number of carbonyl (C=O) groups is 1. The number of nitrogens with zero attached hydrogens (tertiary/aromatic N) is 1. The molecule has 0 aliphatic carbocycles. The largest absolute Gasteiger partial charge is 0.493 e. The Kier molecular flexibility index (Phi) is 4.66. The number of nitrogens with one attached hydrogen (secondary N) is 2. The van der Waals surface area contributed by atoms with Crippen LogP contribution in [0.25, 0.3) is 10.9 Å². The van der Waals surface area contributed by atoms with E-state index in [1.807, 2.05) is 30.1 Å². The second-order valence-electron chi connectivity index (χ2n) is 6.58. The van der Waals surface area contributed by atoms with Crippen LogP contribution in [-0.4, -0.2) is 63.2 Å². The van der Waals surface area contributed by atoms with Crippen LogP contribution < -0.4 is 14.4 Å². The number of carbonyl (C=O) groups excluding carboxylic acids is 1. The summed E-state index contributed by atoms with van der Waals surface area (Å²) in [7, 11) is 7.32. The number of ether oxygens (including phenoxy) is 2. The van der Waals surface area contributed by atoms with Crippen LogP contribution in [0, 0.1) is 0 Å². The summed E-state index contributed by atoms with van der Waals surface area (Å²) in [6.45, 7) is 2.23. The number of piperidine rings is 1. The van der Waals surface area contributed by atoms with Crippen LogP contribution in [0.5, 0.6) is 11.5 Å². The Morgan fingerprint density at radius 3 is 2.42 bits per heavy atom. The first-order valence-corrected chi connectivity index (χ1v) is 8.36. The molecule has 130 valence electrons. The number of likely N-dealkylation sites (tertiary alicyclic amines) is 1. The number of hydrogen-bond acceptors (Lipinski definition) is 3. The number of methoxy groups -OCH3 is 2. The van der Waals surface area contributed by atoms with Gasteiger partial charge in [0.05, 0.1) is 34.4 Å². The predicted molar refractivity (Wildman–Crippen MR) is 93.1 cm³/mol. The molecule has 6 nitrogen and oxygen atoms in total. The van der Waals surface area contributed by atoms with E-state index in [0.29, 0.717) is 23.2 Å². The van der Waals surface area contributed by atoms with E-state index in [9.17, 15) is 4.79 Å². The molecular formula is C18H26N3O3+. The molecule has 2 heterocycles. The number of hydrogen-bond donors (Lipinski definition) is 2. The van der Waals surface area contributed by atoms with E-state index in [-0.39, 0.29) is 5.91 Å². The molecule has 0 bridgehead atoms. The van der Waals surface area contributed by atoms with Gasteiger partial charge in [-0.1, -0.05) is 0 Å². The third-order valence-corrected chi connectivity index (χ3v) is 5.03. The van der Waals surface area contributed by atoms with Gasteiger partial charge in [0.2, 0.25) is 0 Å². The fraction of sp³-hybridized carbons (Fsp3) is 0.500. The summed E-state index contributed by atoms with van der Waals surface area (Å²) in [5, 5.41) is 0.942. The van der Waals surface area contributed by atoms with Crippen LogP contribution in [0.15, 0.2) is 18.2 Å². The lowest BCUT2D eigenvalue weighted by Gasteiger charge is -2.33. The number of amides is 1. The van der Waals surface area contributed by atoms with Crippen LogP contribution in [0.3, 0.4) is 0 Å². The first-order chi connectivity index (χ1) is 11.5. The van der Waals surface area contributed by atoms with Gasteiger partial charge in [-0.15, -0.1) is 0 Å². The van der Waals surface area contributed by atoms with E-state index >= 15 is 0 Å². The van der Waals surface area contributed by atoms with E-state index < -0.39 is 0 Å². The Morgan fingerprint density at radius 2 is 1.79 bits per heavy atom. The number of rotatable bonds is 4. The summed E-state index contributed by atoms with van der Waals surface area (Å²) in [4.78, 5) is 19.5. The van der Waals surface area contributed by atoms with Gasteiger partial charge in [-0.25, -0.2) is 0 Å². The predicted octanol–water partition coefficient (Wildman–Crippen LogP) is 0.934. The standard InChI is InChI=1S/C18H25N3O3/c1-20-7-5-13(6-8-20)21(2)18(22)15-9-12-10-16(23-3)17(24-4)11-14(12)19-15/h9-11,13,19H,5-8H2,1-4H3/p+1. The SMILES string of the molecule is COc1cc2cc(C(=O)N(C)C3CC[NH+](C)CC3)[nH]c2cc1OC. The van der Waals surface area contributed by atoms with Crippen molar-refractivity contribution in [1.82, 2.24) is 9.88 Å². The summed E-state index contributed by atoms with van der Waals surface area (Å²) in [5.74, 6) is 1.35. The van der Waals surface area contributed by atoms with Gasteiger partial charge in [-0.2, -0.15) is 0 Å². The van der Waals surface area contributed by atoms with Crippen molar-refractivity contribution in [3.63, 3.8) is 0 Å². The highest BCUT2D eigenvalue weighted by Gasteiger charge is 2.27. The molecule has 1 saturated heterocycles. The molecule has 0 saturated carbocycles. The maximum Gasteiger partial charge on any atom is 0.270 e. The molecule has 0 unspecified atom stereocenters. The number of benzene rings is 1. The number of aromatic amines is 1. The Bertz CT molecular complexity index is 691. The highest BCUT2D eigenvalue weighted by molar-refractivity contribution is 5.98. The lowest BCUT2D eigenvalue weighted by atomic mass is 10.0. The maximum absolute atomic E-state index is 12.8. The number of aromatic nitrogens is 1. The summed E-state index contributed by atoms with van der Waals surface area (Å²) < 4.78 is 10.7. The van der Waals surface area contributed by atoms with Gasteiger partial charge in [0.15, 0.2) is 11.5 Å². The fourth-order valence-corrected chi connectivity index (χ4v) is 3.41. The van der Waals surface area contributed by atoms with Crippen molar-refractivity contribution in [2.45, 2.75) is 18.9 Å². The van der Waals surface area contributed by atoms with Gasteiger partial charge in [0.1, 0.15) is 5.69 Å². The van der Waals surface area contributed by atoms with Gasteiger partial charge < -0.3 is 24.3 Å². The summed E-state index contributed by atoms with van der Waals surface area (Å²) in [5.41, 5.74) is 1.48. The molecule has 24 heavy (non-hydrogen) atoms. The molecule has 1 aliphatic rings. The molecule has 0 radical (unpaired) electrons. The summed E-state index contributed by atoms with van der Waals surface area (Å²) >= 11 is 0. The average Bonchev–Trinajstić information content (AvgIpc) is 3.02. The molecule has 0 atom stereocenters. The first kappa shape index (κ1) is 16.6. The number of H-pyrrole nitrogens is 1. The molecule has 1 aliphatic heterocycles. The van der Waals surface area contributed by atoms with Gasteiger partial charge in [-0.05, 0) is 12.1 Å². The van der Waals surface area contributed by atoms with Crippen molar-refractivity contribution in [3.8, 4) is 11.5 Å². The zero-order chi connectivity index (χ0) is 17.3. The van der Waals surface area contributed by atoms with Crippen LogP contribution in [0.2, 0.25) is 0 Å². The summed E-state index contributed by atoms with van der Waals surface area (Å²) in [6, 6.07) is 5.96. The minimum absolute atomic E-state index is 0.0358. The minimum atomic E-state index is 0.0358. The Labute approximate surface area is 142 Å². The van der Waals surface area contributed by atoms with E-state index in [0.717, 1.165) is 36.8 Å². The van der Waals surface area contributed by atoms with Crippen molar-refractivity contribution in [1.29, 1.82) is 0 Å². The monoisotopic (exact) mass is 332 g/mol. The smallest absolute Gasteiger partial charge is 0.270 e. The Morgan fingerprint density at radius 1 is 1.17 bits per heavy atom. The van der Waals surface area contributed by atoms with Crippen molar-refractivity contribution in [3.05, 3.63) is 23.9 Å². The molecule has 2 N–H and O–H groups in total. The summed E-state index contributed by atoms with van der Waals surface area (Å²) in [6.07, 6.45) is 2.10. The molecule has 0 spiro atoms. The van der Waals surface area contributed by atoms with Crippen molar-refractivity contribution in [2.24, 2.45) is 0 Å². The third kappa shape index (κ3) is 3.06. The van der Waals surface area contributed by atoms with E-state index in [2.05, 4.69) is 12.0 Å². The van der Waals surface area contributed by atoms with Crippen LogP contribution in [0.4, 0.5) is 0 Å². The molecule has 1 fully saturated rings. The molecule has 2 aromatic rings. The molecule has 1 aromatic heterocycles. The highest BCUT2D eigenvalue weighted by atomic mass is 16.5. The Balaban J connectivity index is 1.84. The van der Waals surface area contributed by atoms with Gasteiger partial charge in [0.25, 0.3) is 5.91 Å². The van der Waals surface area contributed by atoms with E-state index in [1.54, 1.807) is 14.2 Å². The topological polar surface area (TPSA) is 59.0 Å². The minimum Gasteiger partial charge on any atom is -0.493 e. The third-order valence-electron chi connectivity index (χ3n) is 5.03. The maximum atomic E-state index is 12.8. The van der Waals surface area contributed by atoms with Crippen LogP contribution >= 0.6 is 0 Å². The van der Waals surface area contributed by atoms with Crippen molar-refractivity contribution in [2.75, 3.05) is 41.4 Å². The Hall–Kier alpha value is -2.21. The zero-order valence-corrected chi connectivity index (χ0v) is 14.8. The quantitative estimate of drug-likeness (QED) is 0.876. The van der Waals surface area contributed by atoms with Crippen molar-refractivity contribution >= 4 is 16.8 Å². The zero-order valence-electron chi connectivity index (χ0n) is 14.8. The van der Waals surface area contributed by atoms with E-state index in [1.165, 1.54) is 4.90 Å². The molecular weight excluding hydrogens is 306 g/mol. The normalized spacial score (nSPS) is 20.8. The van der Waals surface area contributed by atoms with Crippen LogP contribution in [-0.2, 0) is 0 Å². The average molecular weight is 332 g/mol. The molecule has 1 aromatic carbocycles. The van der Waals surface area contributed by atoms with Gasteiger partial charge >= 0.3 is 0 Å². The van der Waals surface area contributed by atoms with Gasteiger partial charge in [0, 0.05) is 42.9 Å². The lowest BCUT2D eigenvalue weighted by Crippen LogP contribution is -3.10. The first-order valence-electron chi connectivity index (χ1n) is 8.36. The molecule has 1 amide bonds. The second kappa shape index (κ2) is 6.73. The second-order valence-corrected chi connectivity index (χ2v) is 6.58. The molecule has 6 heteroatoms. The van der Waals surface area contributed by atoms with Gasteiger partial charge in [-0.3, -0.25) is 4.79 Å². The molecule has 3 rings (SSSR count).